The summed E-state index contributed by atoms with van der Waals surface area (Å²) in [4.78, 5) is 4.34. The first-order chi connectivity index (χ1) is 12.2. The molecule has 6 atom stereocenters. The Balaban J connectivity index is 1.55. The van der Waals surface area contributed by atoms with E-state index in [1.54, 1.807) is 5.57 Å². The van der Waals surface area contributed by atoms with E-state index in [1.807, 2.05) is 19.3 Å². The van der Waals surface area contributed by atoms with Crippen molar-refractivity contribution < 1.29 is 5.11 Å². The normalized spacial score (nSPS) is 35.4. The van der Waals surface area contributed by atoms with Crippen LogP contribution in [0.3, 0.4) is 0 Å². The minimum atomic E-state index is -0.210. The maximum atomic E-state index is 9.87. The van der Waals surface area contributed by atoms with Gasteiger partial charge in [0.15, 0.2) is 0 Å². The fourth-order valence-corrected chi connectivity index (χ4v) is 6.12. The zero-order valence-electron chi connectivity index (χ0n) is 15.6. The number of pyridine rings is 1. The number of hydrogen-bond acceptors (Lipinski definition) is 2. The van der Waals surface area contributed by atoms with Crippen LogP contribution in [-0.4, -0.2) is 16.2 Å². The summed E-state index contributed by atoms with van der Waals surface area (Å²) in [5.74, 6) is 3.89. The van der Waals surface area contributed by atoms with Gasteiger partial charge < -0.3 is 5.11 Å². The fourth-order valence-electron chi connectivity index (χ4n) is 6.12. The molecular weight excluding hydrogens is 306 g/mol. The van der Waals surface area contributed by atoms with Crippen LogP contribution < -0.4 is 0 Å². The summed E-state index contributed by atoms with van der Waals surface area (Å²) in [7, 11) is 0. The van der Waals surface area contributed by atoms with Crippen LogP contribution in [-0.2, 0) is 0 Å². The Hall–Kier alpha value is -1.41. The number of nitrogens with zero attached hydrogens (tertiary/aromatic N) is 1. The van der Waals surface area contributed by atoms with Crippen molar-refractivity contribution in [1.82, 2.24) is 4.98 Å². The van der Waals surface area contributed by atoms with E-state index in [1.165, 1.54) is 43.2 Å². The number of hydrogen-bond donors (Lipinski definition) is 1. The van der Waals surface area contributed by atoms with E-state index in [0.29, 0.717) is 5.92 Å². The van der Waals surface area contributed by atoms with Crippen molar-refractivity contribution in [2.45, 2.75) is 58.5 Å². The van der Waals surface area contributed by atoms with Crippen LogP contribution in [0.2, 0.25) is 0 Å². The maximum absolute atomic E-state index is 9.87. The molecule has 1 aromatic rings. The second-order valence-electron chi connectivity index (χ2n) is 8.39. The molecule has 0 aromatic carbocycles. The van der Waals surface area contributed by atoms with Crippen molar-refractivity contribution in [3.8, 4) is 0 Å². The van der Waals surface area contributed by atoms with E-state index < -0.39 is 0 Å². The molecule has 6 unspecified atom stereocenters. The number of fused-ring (bicyclic) bond motifs is 3. The molecule has 0 radical (unpaired) electrons. The molecule has 134 valence electrons. The zero-order valence-corrected chi connectivity index (χ0v) is 15.6. The quantitative estimate of drug-likeness (QED) is 0.761. The summed E-state index contributed by atoms with van der Waals surface area (Å²) < 4.78 is 0. The molecule has 0 amide bonds. The largest absolute Gasteiger partial charge is 0.393 e. The molecule has 0 spiro atoms. The van der Waals surface area contributed by atoms with Crippen LogP contribution in [0.15, 0.2) is 42.3 Å². The Bertz CT molecular complexity index is 660. The number of aromatic nitrogens is 1. The highest BCUT2D eigenvalue weighted by Crippen LogP contribution is 2.56. The van der Waals surface area contributed by atoms with E-state index in [2.05, 4.69) is 36.2 Å². The molecule has 2 nitrogen and oxygen atoms in total. The number of aliphatic hydroxyl groups is 1. The van der Waals surface area contributed by atoms with Crippen molar-refractivity contribution in [1.29, 1.82) is 0 Å². The minimum absolute atomic E-state index is 0.210. The van der Waals surface area contributed by atoms with E-state index in [4.69, 9.17) is 0 Å². The van der Waals surface area contributed by atoms with Gasteiger partial charge in [-0.05, 0) is 92.2 Å². The Labute approximate surface area is 152 Å². The van der Waals surface area contributed by atoms with Gasteiger partial charge in [-0.15, -0.1) is 0 Å². The van der Waals surface area contributed by atoms with Gasteiger partial charge in [0.05, 0.1) is 6.10 Å². The van der Waals surface area contributed by atoms with E-state index >= 15 is 0 Å². The third-order valence-corrected chi connectivity index (χ3v) is 7.05. The van der Waals surface area contributed by atoms with Crippen LogP contribution in [0.25, 0.3) is 5.57 Å². The lowest BCUT2D eigenvalue weighted by molar-refractivity contribution is 0.0777. The lowest BCUT2D eigenvalue weighted by atomic mass is 9.57. The molecule has 1 N–H and O–H groups in total. The maximum Gasteiger partial charge on any atom is 0.0549 e. The van der Waals surface area contributed by atoms with Gasteiger partial charge in [-0.1, -0.05) is 30.7 Å². The third kappa shape index (κ3) is 3.10. The standard InChI is InChI=1S/C23H31NO/c1-3-18-16(13-15(2)25)6-7-22-20(18)10-11-21-19(8-9-23(21)22)17-5-4-12-24-14-17/h4-6,8,12,14-15,18,20-23,25H,3,7,9-11,13H2,1-2H3. The van der Waals surface area contributed by atoms with Crippen molar-refractivity contribution in [3.05, 3.63) is 47.8 Å². The Morgan fingerprint density at radius 2 is 2.00 bits per heavy atom. The van der Waals surface area contributed by atoms with Gasteiger partial charge in [0, 0.05) is 12.4 Å². The van der Waals surface area contributed by atoms with Crippen LogP contribution in [0.1, 0.15) is 57.9 Å². The van der Waals surface area contributed by atoms with E-state index in [0.717, 1.165) is 30.1 Å². The van der Waals surface area contributed by atoms with Crippen molar-refractivity contribution in [2.75, 3.05) is 0 Å². The molecule has 0 saturated heterocycles. The molecule has 1 fully saturated rings. The Morgan fingerprint density at radius 3 is 2.72 bits per heavy atom. The molecule has 25 heavy (non-hydrogen) atoms. The predicted octanol–water partition coefficient (Wildman–Crippen LogP) is 5.25. The molecule has 1 saturated carbocycles. The van der Waals surface area contributed by atoms with Gasteiger partial charge in [0.1, 0.15) is 0 Å². The fraction of sp³-hybridized carbons (Fsp3) is 0.609. The van der Waals surface area contributed by atoms with Crippen LogP contribution >= 0.6 is 0 Å². The number of rotatable bonds is 4. The smallest absolute Gasteiger partial charge is 0.0549 e. The first-order valence-electron chi connectivity index (χ1n) is 10.2. The first-order valence-corrected chi connectivity index (χ1v) is 10.2. The van der Waals surface area contributed by atoms with Crippen molar-refractivity contribution in [3.63, 3.8) is 0 Å². The van der Waals surface area contributed by atoms with E-state index in [-0.39, 0.29) is 6.10 Å². The average molecular weight is 338 g/mol. The van der Waals surface area contributed by atoms with Gasteiger partial charge in [0.2, 0.25) is 0 Å². The molecule has 0 bridgehead atoms. The molecule has 1 heterocycles. The van der Waals surface area contributed by atoms with Gasteiger partial charge in [-0.25, -0.2) is 0 Å². The topological polar surface area (TPSA) is 33.1 Å². The SMILES string of the molecule is CCC1C(CC(C)O)=CCC2C1CCC1C(c3cccnc3)=CCC12. The first kappa shape index (κ1) is 17.0. The number of aliphatic hydroxyl groups excluding tert-OH is 1. The Kier molecular flexibility index (Phi) is 4.82. The van der Waals surface area contributed by atoms with Crippen molar-refractivity contribution >= 4 is 5.57 Å². The third-order valence-electron chi connectivity index (χ3n) is 7.05. The lowest BCUT2D eigenvalue weighted by Gasteiger charge is -2.47. The average Bonchev–Trinajstić information content (AvgIpc) is 3.06. The highest BCUT2D eigenvalue weighted by molar-refractivity contribution is 5.69. The van der Waals surface area contributed by atoms with Crippen LogP contribution in [0.4, 0.5) is 0 Å². The number of allylic oxidation sites excluding steroid dienone is 3. The Morgan fingerprint density at radius 1 is 1.16 bits per heavy atom. The molecule has 1 aromatic heterocycles. The van der Waals surface area contributed by atoms with E-state index in [9.17, 15) is 5.11 Å². The second-order valence-corrected chi connectivity index (χ2v) is 8.39. The van der Waals surface area contributed by atoms with Gasteiger partial charge in [0.25, 0.3) is 0 Å². The van der Waals surface area contributed by atoms with Gasteiger partial charge >= 0.3 is 0 Å². The monoisotopic (exact) mass is 337 g/mol. The molecule has 4 rings (SSSR count). The molecular formula is C23H31NO. The van der Waals surface area contributed by atoms with Gasteiger partial charge in [-0.3, -0.25) is 4.98 Å². The highest BCUT2D eigenvalue weighted by Gasteiger charge is 2.46. The summed E-state index contributed by atoms with van der Waals surface area (Å²) in [5, 5.41) is 9.87. The predicted molar refractivity (Wildman–Crippen MR) is 103 cm³/mol. The molecule has 3 aliphatic rings. The summed E-state index contributed by atoms with van der Waals surface area (Å²) in [5.41, 5.74) is 4.43. The summed E-state index contributed by atoms with van der Waals surface area (Å²) >= 11 is 0. The summed E-state index contributed by atoms with van der Waals surface area (Å²) in [6.07, 6.45) is 15.9. The summed E-state index contributed by atoms with van der Waals surface area (Å²) in [6.45, 7) is 4.26. The molecule has 2 heteroatoms. The molecule has 0 aliphatic heterocycles. The second kappa shape index (κ2) is 7.07. The van der Waals surface area contributed by atoms with Crippen molar-refractivity contribution in [2.24, 2.45) is 29.6 Å². The highest BCUT2D eigenvalue weighted by atomic mass is 16.3. The van der Waals surface area contributed by atoms with Gasteiger partial charge in [-0.2, -0.15) is 0 Å². The van der Waals surface area contributed by atoms with Crippen LogP contribution in [0, 0.1) is 29.6 Å². The van der Waals surface area contributed by atoms with Crippen LogP contribution in [0.5, 0.6) is 0 Å². The molecule has 3 aliphatic carbocycles. The minimum Gasteiger partial charge on any atom is -0.393 e. The zero-order chi connectivity index (χ0) is 17.4. The summed E-state index contributed by atoms with van der Waals surface area (Å²) in [6, 6.07) is 4.29. The lowest BCUT2D eigenvalue weighted by Crippen LogP contribution is -2.39.